The first-order valence-electron chi connectivity index (χ1n) is 6.08. The van der Waals surface area contributed by atoms with Gasteiger partial charge in [-0.25, -0.2) is 0 Å². The van der Waals surface area contributed by atoms with Gasteiger partial charge in [-0.1, -0.05) is 11.6 Å². The Labute approximate surface area is 102 Å². The number of halogens is 1. The highest BCUT2D eigenvalue weighted by Crippen LogP contribution is 2.34. The van der Waals surface area contributed by atoms with Crippen LogP contribution in [0.3, 0.4) is 0 Å². The van der Waals surface area contributed by atoms with Gasteiger partial charge in [0, 0.05) is 29.7 Å². The second-order valence-electron chi connectivity index (χ2n) is 4.80. The highest BCUT2D eigenvalue weighted by Gasteiger charge is 2.24. The van der Waals surface area contributed by atoms with Gasteiger partial charge in [-0.05, 0) is 49.7 Å². The van der Waals surface area contributed by atoms with Crippen LogP contribution in [0.4, 0.5) is 5.69 Å². The lowest BCUT2D eigenvalue weighted by Crippen LogP contribution is -2.40. The Morgan fingerprint density at radius 2 is 2.25 bits per heavy atom. The van der Waals surface area contributed by atoms with Gasteiger partial charge in [-0.15, -0.1) is 0 Å². The molecule has 16 heavy (non-hydrogen) atoms. The summed E-state index contributed by atoms with van der Waals surface area (Å²) in [6.45, 7) is 4.85. The number of fused-ring (bicyclic) bond motifs is 1. The maximum absolute atomic E-state index is 6.08. The Bertz CT molecular complexity index is 388. The van der Waals surface area contributed by atoms with E-state index in [1.165, 1.54) is 43.7 Å². The van der Waals surface area contributed by atoms with Gasteiger partial charge in [-0.2, -0.15) is 0 Å². The molecule has 0 radical (unpaired) electrons. The molecule has 2 aliphatic rings. The second kappa shape index (κ2) is 4.27. The van der Waals surface area contributed by atoms with E-state index in [0.29, 0.717) is 5.92 Å². The molecule has 1 aromatic rings. The first-order valence-corrected chi connectivity index (χ1v) is 6.46. The highest BCUT2D eigenvalue weighted by molar-refractivity contribution is 6.30. The number of nitrogens with zero attached hydrogens (tertiary/aromatic N) is 1. The molecule has 86 valence electrons. The number of rotatable bonds is 2. The lowest BCUT2D eigenvalue weighted by atomic mass is 9.90. The van der Waals surface area contributed by atoms with E-state index >= 15 is 0 Å². The summed E-state index contributed by atoms with van der Waals surface area (Å²) in [6.07, 6.45) is 2.59. The number of hydrogen-bond acceptors (Lipinski definition) is 2. The van der Waals surface area contributed by atoms with E-state index in [2.05, 4.69) is 22.3 Å². The van der Waals surface area contributed by atoms with Crippen molar-refractivity contribution < 1.29 is 0 Å². The fourth-order valence-electron chi connectivity index (χ4n) is 2.63. The van der Waals surface area contributed by atoms with E-state index < -0.39 is 0 Å². The molecule has 1 N–H and O–H groups in total. The highest BCUT2D eigenvalue weighted by atomic mass is 35.5. The Hall–Kier alpha value is -0.730. The molecule has 2 nitrogen and oxygen atoms in total. The van der Waals surface area contributed by atoms with Crippen LogP contribution in [-0.2, 0) is 0 Å². The van der Waals surface area contributed by atoms with Gasteiger partial charge >= 0.3 is 0 Å². The van der Waals surface area contributed by atoms with Gasteiger partial charge in [-0.3, -0.25) is 0 Å². The number of benzene rings is 1. The smallest absolute Gasteiger partial charge is 0.0410 e. The Balaban J connectivity index is 1.83. The van der Waals surface area contributed by atoms with Crippen LogP contribution in [0.2, 0.25) is 5.02 Å². The van der Waals surface area contributed by atoms with Crippen LogP contribution in [-0.4, -0.2) is 31.1 Å². The molecule has 0 amide bonds. The summed E-state index contributed by atoms with van der Waals surface area (Å²) < 4.78 is 0. The normalized spacial score (nSPS) is 24.4. The molecule has 2 heterocycles. The third kappa shape index (κ3) is 1.92. The monoisotopic (exact) mass is 236 g/mol. The predicted molar refractivity (Wildman–Crippen MR) is 68.4 cm³/mol. The molecular weight excluding hydrogens is 220 g/mol. The molecule has 0 spiro atoms. The van der Waals surface area contributed by atoms with Crippen molar-refractivity contribution in [1.82, 2.24) is 4.90 Å². The largest absolute Gasteiger partial charge is 0.385 e. The van der Waals surface area contributed by atoms with Gasteiger partial charge in [0.15, 0.2) is 0 Å². The van der Waals surface area contributed by atoms with Gasteiger partial charge in [0.1, 0.15) is 0 Å². The first kappa shape index (κ1) is 10.4. The summed E-state index contributed by atoms with van der Waals surface area (Å²) in [6, 6.07) is 6.22. The van der Waals surface area contributed by atoms with E-state index in [0.717, 1.165) is 11.6 Å². The van der Waals surface area contributed by atoms with Crippen LogP contribution in [0, 0.1) is 0 Å². The molecule has 0 aliphatic carbocycles. The molecule has 1 unspecified atom stereocenters. The van der Waals surface area contributed by atoms with Crippen molar-refractivity contribution >= 4 is 17.3 Å². The fraction of sp³-hybridized carbons (Fsp3) is 0.538. The molecule has 1 aromatic carbocycles. The Kier molecular flexibility index (Phi) is 2.78. The van der Waals surface area contributed by atoms with Crippen molar-refractivity contribution in [3.63, 3.8) is 0 Å². The summed E-state index contributed by atoms with van der Waals surface area (Å²) in [5, 5.41) is 4.31. The number of likely N-dealkylation sites (tertiary alicyclic amines) is 1. The number of hydrogen-bond donors (Lipinski definition) is 1. The molecule has 0 bridgehead atoms. The van der Waals surface area contributed by atoms with Crippen molar-refractivity contribution in [1.29, 1.82) is 0 Å². The second-order valence-corrected chi connectivity index (χ2v) is 5.23. The predicted octanol–water partition coefficient (Wildman–Crippen LogP) is 2.94. The van der Waals surface area contributed by atoms with Crippen LogP contribution < -0.4 is 5.32 Å². The van der Waals surface area contributed by atoms with Gasteiger partial charge in [0.05, 0.1) is 0 Å². The standard InChI is InChI=1S/C13H17ClN2/c14-11-2-3-13-12(8-11)10(4-5-15-13)9-16-6-1-7-16/h2-3,8,10,15H,1,4-7,9H2. The number of nitrogens with one attached hydrogen (secondary N) is 1. The fourth-order valence-corrected chi connectivity index (χ4v) is 2.82. The van der Waals surface area contributed by atoms with E-state index in [1.54, 1.807) is 0 Å². The van der Waals surface area contributed by atoms with E-state index in [9.17, 15) is 0 Å². The van der Waals surface area contributed by atoms with Gasteiger partial charge in [0.2, 0.25) is 0 Å². The zero-order valence-electron chi connectivity index (χ0n) is 9.38. The molecule has 1 fully saturated rings. The van der Waals surface area contributed by atoms with Crippen molar-refractivity contribution in [3.8, 4) is 0 Å². The van der Waals surface area contributed by atoms with Crippen molar-refractivity contribution in [2.24, 2.45) is 0 Å². The SMILES string of the molecule is Clc1ccc2c(c1)C(CN1CCC1)CCN2. The first-order chi connectivity index (χ1) is 7.83. The molecule has 0 aromatic heterocycles. The minimum absolute atomic E-state index is 0.662. The molecule has 1 atom stereocenters. The van der Waals surface area contributed by atoms with Gasteiger partial charge in [0.25, 0.3) is 0 Å². The Morgan fingerprint density at radius 1 is 1.38 bits per heavy atom. The van der Waals surface area contributed by atoms with Gasteiger partial charge < -0.3 is 10.2 Å². The zero-order valence-corrected chi connectivity index (χ0v) is 10.1. The average molecular weight is 237 g/mol. The van der Waals surface area contributed by atoms with E-state index in [4.69, 9.17) is 11.6 Å². The molecule has 3 heteroatoms. The summed E-state index contributed by atoms with van der Waals surface area (Å²) in [5.41, 5.74) is 2.69. The third-order valence-corrected chi connectivity index (χ3v) is 3.92. The summed E-state index contributed by atoms with van der Waals surface area (Å²) in [5.74, 6) is 0.662. The van der Waals surface area contributed by atoms with Crippen LogP contribution >= 0.6 is 11.6 Å². The topological polar surface area (TPSA) is 15.3 Å². The molecule has 1 saturated heterocycles. The minimum Gasteiger partial charge on any atom is -0.385 e. The minimum atomic E-state index is 0.662. The quantitative estimate of drug-likeness (QED) is 0.850. The van der Waals surface area contributed by atoms with E-state index in [1.807, 2.05) is 6.07 Å². The lowest BCUT2D eigenvalue weighted by Gasteiger charge is -2.36. The van der Waals surface area contributed by atoms with Crippen molar-refractivity contribution in [2.75, 3.05) is 31.5 Å². The molecular formula is C13H17ClN2. The average Bonchev–Trinajstić information content (AvgIpc) is 2.23. The van der Waals surface area contributed by atoms with E-state index in [-0.39, 0.29) is 0 Å². The maximum Gasteiger partial charge on any atom is 0.0410 e. The summed E-state index contributed by atoms with van der Waals surface area (Å²) >= 11 is 6.08. The molecule has 0 saturated carbocycles. The third-order valence-electron chi connectivity index (χ3n) is 3.69. The Morgan fingerprint density at radius 3 is 3.00 bits per heavy atom. The van der Waals surface area contributed by atoms with Crippen LogP contribution in [0.5, 0.6) is 0 Å². The van der Waals surface area contributed by atoms with Crippen LogP contribution in [0.15, 0.2) is 18.2 Å². The maximum atomic E-state index is 6.08. The van der Waals surface area contributed by atoms with Crippen molar-refractivity contribution in [2.45, 2.75) is 18.8 Å². The zero-order chi connectivity index (χ0) is 11.0. The summed E-state index contributed by atoms with van der Waals surface area (Å²) in [4.78, 5) is 2.54. The molecule has 2 aliphatic heterocycles. The number of anilines is 1. The van der Waals surface area contributed by atoms with Crippen LogP contribution in [0.25, 0.3) is 0 Å². The lowest BCUT2D eigenvalue weighted by molar-refractivity contribution is 0.167. The van der Waals surface area contributed by atoms with Crippen molar-refractivity contribution in [3.05, 3.63) is 28.8 Å². The molecule has 3 rings (SSSR count). The van der Waals surface area contributed by atoms with Crippen LogP contribution in [0.1, 0.15) is 24.3 Å². The summed E-state index contributed by atoms with van der Waals surface area (Å²) in [7, 11) is 0.